The van der Waals surface area contributed by atoms with Gasteiger partial charge in [-0.1, -0.05) is 19.3 Å². The minimum absolute atomic E-state index is 0.0123. The van der Waals surface area contributed by atoms with Crippen LogP contribution in [0.3, 0.4) is 0 Å². The van der Waals surface area contributed by atoms with Gasteiger partial charge < -0.3 is 20.0 Å². The quantitative estimate of drug-likeness (QED) is 0.621. The Labute approximate surface area is 138 Å². The van der Waals surface area contributed by atoms with E-state index in [4.69, 9.17) is 4.42 Å². The molecule has 23 heavy (non-hydrogen) atoms. The van der Waals surface area contributed by atoms with Gasteiger partial charge in [-0.15, -0.1) is 0 Å². The van der Waals surface area contributed by atoms with Crippen LogP contribution in [0.15, 0.2) is 27.8 Å². The van der Waals surface area contributed by atoms with E-state index in [9.17, 15) is 4.79 Å². The first kappa shape index (κ1) is 17.4. The molecule has 1 aromatic heterocycles. The molecule has 0 spiro atoms. The summed E-state index contributed by atoms with van der Waals surface area (Å²) in [5.74, 6) is 2.20. The highest BCUT2D eigenvalue weighted by Gasteiger charge is 2.14. The molecule has 0 radical (unpaired) electrons. The maximum atomic E-state index is 11.7. The van der Waals surface area contributed by atoms with Crippen LogP contribution in [0, 0.1) is 5.92 Å². The van der Waals surface area contributed by atoms with Gasteiger partial charge in [-0.25, -0.2) is 4.99 Å². The summed E-state index contributed by atoms with van der Waals surface area (Å²) >= 11 is 0. The molecule has 2 N–H and O–H groups in total. The summed E-state index contributed by atoms with van der Waals surface area (Å²) in [7, 11) is 3.48. The molecule has 0 unspecified atom stereocenters. The van der Waals surface area contributed by atoms with Gasteiger partial charge in [0.15, 0.2) is 5.96 Å². The molecule has 0 saturated heterocycles. The molecule has 0 aromatic carbocycles. The first-order chi connectivity index (χ1) is 11.1. The van der Waals surface area contributed by atoms with Crippen molar-refractivity contribution in [3.8, 4) is 0 Å². The summed E-state index contributed by atoms with van der Waals surface area (Å²) in [5, 5.41) is 6.60. The number of nitrogens with one attached hydrogen (secondary N) is 2. The standard InChI is InChI=1S/C17H28N4O2/c1-21(2)16(22)13-20-17(19-12-15-9-6-10-23-15)18-11-14-7-4-3-5-8-14/h6,9-10,14H,3-5,7-8,11-13H2,1-2H3,(H2,18,19,20). The monoisotopic (exact) mass is 320 g/mol. The zero-order chi connectivity index (χ0) is 16.5. The van der Waals surface area contributed by atoms with Crippen molar-refractivity contribution in [3.05, 3.63) is 24.2 Å². The lowest BCUT2D eigenvalue weighted by molar-refractivity contribution is -0.127. The molecule has 1 aliphatic rings. The third kappa shape index (κ3) is 6.34. The number of nitrogens with zero attached hydrogens (tertiary/aromatic N) is 2. The van der Waals surface area contributed by atoms with Crippen LogP contribution in [0.25, 0.3) is 0 Å². The fraction of sp³-hybridized carbons (Fsp3) is 0.647. The zero-order valence-electron chi connectivity index (χ0n) is 14.2. The maximum Gasteiger partial charge on any atom is 0.243 e. The van der Waals surface area contributed by atoms with Gasteiger partial charge in [0.05, 0.1) is 12.8 Å². The predicted octanol–water partition coefficient (Wildman–Crippen LogP) is 1.98. The second-order valence-corrected chi connectivity index (χ2v) is 6.27. The van der Waals surface area contributed by atoms with Gasteiger partial charge in [0.2, 0.25) is 5.91 Å². The summed E-state index contributed by atoms with van der Waals surface area (Å²) < 4.78 is 5.32. The zero-order valence-corrected chi connectivity index (χ0v) is 14.2. The highest BCUT2D eigenvalue weighted by Crippen LogP contribution is 2.22. The Morgan fingerprint density at radius 2 is 2.09 bits per heavy atom. The summed E-state index contributed by atoms with van der Waals surface area (Å²) in [4.78, 5) is 17.7. The molecule has 0 aliphatic heterocycles. The molecule has 1 heterocycles. The first-order valence-corrected chi connectivity index (χ1v) is 8.40. The fourth-order valence-corrected chi connectivity index (χ4v) is 2.68. The molecule has 2 rings (SSSR count). The van der Waals surface area contributed by atoms with E-state index in [1.807, 2.05) is 12.1 Å². The van der Waals surface area contributed by atoms with E-state index in [1.165, 1.54) is 32.1 Å². The molecule has 1 fully saturated rings. The number of furan rings is 1. The normalized spacial score (nSPS) is 16.2. The Bertz CT molecular complexity index is 491. The molecule has 1 amide bonds. The number of guanidine groups is 1. The summed E-state index contributed by atoms with van der Waals surface area (Å²) in [6.45, 7) is 1.60. The highest BCUT2D eigenvalue weighted by molar-refractivity contribution is 5.84. The smallest absolute Gasteiger partial charge is 0.243 e. The van der Waals surface area contributed by atoms with E-state index < -0.39 is 0 Å². The van der Waals surface area contributed by atoms with Gasteiger partial charge in [0.25, 0.3) is 0 Å². The average Bonchev–Trinajstić information content (AvgIpc) is 3.08. The van der Waals surface area contributed by atoms with Crippen LogP contribution in [-0.4, -0.2) is 44.0 Å². The van der Waals surface area contributed by atoms with Crippen molar-refractivity contribution in [2.75, 3.05) is 27.2 Å². The van der Waals surface area contributed by atoms with Crippen molar-refractivity contribution in [3.63, 3.8) is 0 Å². The van der Waals surface area contributed by atoms with E-state index in [0.717, 1.165) is 12.3 Å². The lowest BCUT2D eigenvalue weighted by Crippen LogP contribution is -2.40. The SMILES string of the molecule is CN(C)C(=O)CN=C(NCc1ccco1)NCC1CCCCC1. The van der Waals surface area contributed by atoms with E-state index in [-0.39, 0.29) is 12.5 Å². The topological polar surface area (TPSA) is 69.9 Å². The first-order valence-electron chi connectivity index (χ1n) is 8.40. The molecule has 0 atom stereocenters. The molecule has 128 valence electrons. The predicted molar refractivity (Wildman–Crippen MR) is 91.1 cm³/mol. The van der Waals surface area contributed by atoms with Crippen molar-refractivity contribution in [2.45, 2.75) is 38.6 Å². The summed E-state index contributed by atoms with van der Waals surface area (Å²) in [5.41, 5.74) is 0. The fourth-order valence-electron chi connectivity index (χ4n) is 2.68. The van der Waals surface area contributed by atoms with Crippen molar-refractivity contribution < 1.29 is 9.21 Å². The van der Waals surface area contributed by atoms with Gasteiger partial charge in [-0.2, -0.15) is 0 Å². The van der Waals surface area contributed by atoms with Gasteiger partial charge in [0.1, 0.15) is 12.3 Å². The molecule has 0 bridgehead atoms. The van der Waals surface area contributed by atoms with E-state index in [2.05, 4.69) is 15.6 Å². The molecule has 6 heteroatoms. The van der Waals surface area contributed by atoms with E-state index in [0.29, 0.717) is 18.4 Å². The van der Waals surface area contributed by atoms with Crippen LogP contribution in [0.1, 0.15) is 37.9 Å². The molecule has 1 aromatic rings. The summed E-state index contributed by atoms with van der Waals surface area (Å²) in [6.07, 6.45) is 8.18. The number of amides is 1. The van der Waals surface area contributed by atoms with Crippen molar-refractivity contribution >= 4 is 11.9 Å². The lowest BCUT2D eigenvalue weighted by Gasteiger charge is -2.23. The number of rotatable bonds is 6. The number of carbonyl (C=O) groups is 1. The highest BCUT2D eigenvalue weighted by atomic mass is 16.3. The van der Waals surface area contributed by atoms with Crippen LogP contribution in [0.2, 0.25) is 0 Å². The number of hydrogen-bond donors (Lipinski definition) is 2. The average molecular weight is 320 g/mol. The number of likely N-dealkylation sites (N-methyl/N-ethyl adjacent to an activating group) is 1. The van der Waals surface area contributed by atoms with Crippen LogP contribution in [0.5, 0.6) is 0 Å². The molecular weight excluding hydrogens is 292 g/mol. The Hall–Kier alpha value is -1.98. The van der Waals surface area contributed by atoms with Gasteiger partial charge in [-0.05, 0) is 30.9 Å². The second kappa shape index (κ2) is 9.22. The molecular formula is C17H28N4O2. The number of carbonyl (C=O) groups excluding carboxylic acids is 1. The Kier molecular flexibility index (Phi) is 6.97. The lowest BCUT2D eigenvalue weighted by atomic mass is 9.89. The number of aliphatic imine (C=N–C) groups is 1. The molecule has 6 nitrogen and oxygen atoms in total. The third-order valence-corrected chi connectivity index (χ3v) is 4.16. The van der Waals surface area contributed by atoms with Crippen LogP contribution in [0.4, 0.5) is 0 Å². The van der Waals surface area contributed by atoms with Crippen molar-refractivity contribution in [2.24, 2.45) is 10.9 Å². The van der Waals surface area contributed by atoms with Crippen molar-refractivity contribution in [1.29, 1.82) is 0 Å². The van der Waals surface area contributed by atoms with Gasteiger partial charge in [0, 0.05) is 20.6 Å². The minimum Gasteiger partial charge on any atom is -0.467 e. The van der Waals surface area contributed by atoms with E-state index in [1.54, 1.807) is 25.3 Å². The Morgan fingerprint density at radius 3 is 2.74 bits per heavy atom. The molecule has 1 saturated carbocycles. The molecule has 1 aliphatic carbocycles. The Balaban J connectivity index is 1.86. The maximum absolute atomic E-state index is 11.7. The van der Waals surface area contributed by atoms with Crippen LogP contribution < -0.4 is 10.6 Å². The second-order valence-electron chi connectivity index (χ2n) is 6.27. The largest absolute Gasteiger partial charge is 0.467 e. The van der Waals surface area contributed by atoms with Gasteiger partial charge in [-0.3, -0.25) is 4.79 Å². The van der Waals surface area contributed by atoms with Crippen molar-refractivity contribution in [1.82, 2.24) is 15.5 Å². The van der Waals surface area contributed by atoms with Gasteiger partial charge >= 0.3 is 0 Å². The minimum atomic E-state index is -0.0123. The number of hydrogen-bond acceptors (Lipinski definition) is 3. The third-order valence-electron chi connectivity index (χ3n) is 4.16. The summed E-state index contributed by atoms with van der Waals surface area (Å²) in [6, 6.07) is 3.77. The van der Waals surface area contributed by atoms with Crippen LogP contribution in [-0.2, 0) is 11.3 Å². The van der Waals surface area contributed by atoms with Crippen LogP contribution >= 0.6 is 0 Å². The Morgan fingerprint density at radius 1 is 1.30 bits per heavy atom. The van der Waals surface area contributed by atoms with E-state index >= 15 is 0 Å².